The van der Waals surface area contributed by atoms with Crippen molar-refractivity contribution in [3.63, 3.8) is 0 Å². The van der Waals surface area contributed by atoms with E-state index in [2.05, 4.69) is 24.5 Å². The molecule has 4 aliphatic carbocycles. The zero-order valence-corrected chi connectivity index (χ0v) is 18.3. The molecule has 1 saturated heterocycles. The summed E-state index contributed by atoms with van der Waals surface area (Å²) in [6, 6.07) is 0. The monoisotopic (exact) mass is 383 g/mol. The van der Waals surface area contributed by atoms with E-state index < -0.39 is 5.60 Å². The van der Waals surface area contributed by atoms with Crippen LogP contribution in [0.3, 0.4) is 0 Å². The Morgan fingerprint density at radius 2 is 1.89 bits per heavy atom. The van der Waals surface area contributed by atoms with E-state index in [1.165, 1.54) is 64.5 Å². The molecule has 28 heavy (non-hydrogen) atoms. The van der Waals surface area contributed by atoms with Crippen LogP contribution in [0.15, 0.2) is 23.8 Å². The van der Waals surface area contributed by atoms with Crippen LogP contribution in [0.25, 0.3) is 0 Å². The molecule has 5 rings (SSSR count). The van der Waals surface area contributed by atoms with Gasteiger partial charge in [-0.05, 0) is 119 Å². The summed E-state index contributed by atoms with van der Waals surface area (Å²) < 4.78 is 0. The maximum absolute atomic E-state index is 10.6. The number of nitrogens with zero attached hydrogens (tertiary/aromatic N) is 1. The van der Waals surface area contributed by atoms with Gasteiger partial charge in [-0.2, -0.15) is 0 Å². The molecule has 1 aliphatic heterocycles. The summed E-state index contributed by atoms with van der Waals surface area (Å²) in [4.78, 5) is 2.65. The first-order valence-corrected chi connectivity index (χ1v) is 12.2. The zero-order chi connectivity index (χ0) is 19.5. The molecule has 1 N–H and O–H groups in total. The third-order valence-corrected chi connectivity index (χ3v) is 9.83. The number of hydrogen-bond acceptors (Lipinski definition) is 2. The van der Waals surface area contributed by atoms with Crippen LogP contribution in [-0.2, 0) is 0 Å². The van der Waals surface area contributed by atoms with Crippen LogP contribution in [0, 0.1) is 35.0 Å². The molecule has 5 aliphatic rings. The second-order valence-corrected chi connectivity index (χ2v) is 11.6. The molecule has 0 spiro atoms. The van der Waals surface area contributed by atoms with E-state index in [4.69, 9.17) is 0 Å². The summed E-state index contributed by atoms with van der Waals surface area (Å²) in [7, 11) is 0. The average Bonchev–Trinajstić information content (AvgIpc) is 3.27. The van der Waals surface area contributed by atoms with E-state index in [0.717, 1.165) is 49.0 Å². The third-order valence-electron chi connectivity index (χ3n) is 9.83. The van der Waals surface area contributed by atoms with Crippen LogP contribution in [0.5, 0.6) is 0 Å². The highest BCUT2D eigenvalue weighted by molar-refractivity contribution is 5.23. The van der Waals surface area contributed by atoms with Gasteiger partial charge >= 0.3 is 0 Å². The molecule has 2 nitrogen and oxygen atoms in total. The smallest absolute Gasteiger partial charge is 0.0657 e. The Morgan fingerprint density at radius 3 is 2.68 bits per heavy atom. The van der Waals surface area contributed by atoms with Crippen molar-refractivity contribution < 1.29 is 5.11 Å². The highest BCUT2D eigenvalue weighted by atomic mass is 16.3. The van der Waals surface area contributed by atoms with Gasteiger partial charge in [0.25, 0.3) is 0 Å². The van der Waals surface area contributed by atoms with E-state index in [1.807, 2.05) is 6.92 Å². The molecular weight excluding hydrogens is 342 g/mol. The first-order chi connectivity index (χ1) is 13.4. The third kappa shape index (κ3) is 3.14. The lowest BCUT2D eigenvalue weighted by Gasteiger charge is -2.54. The fraction of sp³-hybridized carbons (Fsp3) is 0.846. The molecule has 0 bridgehead atoms. The van der Waals surface area contributed by atoms with Gasteiger partial charge in [0.2, 0.25) is 0 Å². The largest absolute Gasteiger partial charge is 0.390 e. The van der Waals surface area contributed by atoms with Crippen LogP contribution in [-0.4, -0.2) is 35.2 Å². The maximum Gasteiger partial charge on any atom is 0.0657 e. The van der Waals surface area contributed by atoms with E-state index >= 15 is 0 Å². The number of fused-ring (bicyclic) bond motifs is 5. The van der Waals surface area contributed by atoms with Crippen molar-refractivity contribution in [2.45, 2.75) is 83.7 Å². The molecule has 0 radical (unpaired) electrons. The van der Waals surface area contributed by atoms with Crippen LogP contribution in [0.2, 0.25) is 0 Å². The Balaban J connectivity index is 1.32. The lowest BCUT2D eigenvalue weighted by Crippen LogP contribution is -2.47. The zero-order valence-electron chi connectivity index (χ0n) is 18.3. The molecule has 2 heteroatoms. The van der Waals surface area contributed by atoms with Gasteiger partial charge < -0.3 is 5.11 Å². The van der Waals surface area contributed by atoms with E-state index in [0.29, 0.717) is 5.41 Å². The lowest BCUT2D eigenvalue weighted by atomic mass is 9.51. The van der Waals surface area contributed by atoms with Gasteiger partial charge in [0, 0.05) is 6.54 Å². The highest BCUT2D eigenvalue weighted by Gasteiger charge is 2.56. The van der Waals surface area contributed by atoms with Gasteiger partial charge in [0.1, 0.15) is 0 Å². The number of aliphatic hydroxyl groups is 1. The molecule has 4 fully saturated rings. The summed E-state index contributed by atoms with van der Waals surface area (Å²) in [6.07, 6.45) is 15.4. The van der Waals surface area contributed by atoms with Gasteiger partial charge in [-0.15, -0.1) is 0 Å². The highest BCUT2D eigenvalue weighted by Crippen LogP contribution is 2.64. The summed E-state index contributed by atoms with van der Waals surface area (Å²) in [5, 5.41) is 10.6. The summed E-state index contributed by atoms with van der Waals surface area (Å²) >= 11 is 0. The molecule has 3 saturated carbocycles. The van der Waals surface area contributed by atoms with Gasteiger partial charge in [-0.3, -0.25) is 4.90 Å². The number of hydrogen-bond donors (Lipinski definition) is 1. The average molecular weight is 384 g/mol. The molecule has 0 aromatic rings. The standard InChI is InChI=1S/C26H41NO/c1-18(17-27-14-4-5-15-27)23-8-9-24-22-7-6-19-16-25(2,28)12-10-20(19)21(22)11-13-26(23,24)3/h6,20-24,28H,1,4-5,7-17H2,2-3H3/t20-,21+,22+,23+,24-,25-,26+/m0/s1. The van der Waals surface area contributed by atoms with E-state index in [-0.39, 0.29) is 0 Å². The van der Waals surface area contributed by atoms with E-state index in [1.54, 1.807) is 11.1 Å². The van der Waals surface area contributed by atoms with Gasteiger partial charge in [-0.25, -0.2) is 0 Å². The molecule has 0 aromatic heterocycles. The van der Waals surface area contributed by atoms with Gasteiger partial charge in [0.05, 0.1) is 5.60 Å². The van der Waals surface area contributed by atoms with Gasteiger partial charge in [0.15, 0.2) is 0 Å². The second-order valence-electron chi connectivity index (χ2n) is 11.6. The van der Waals surface area contributed by atoms with Crippen LogP contribution >= 0.6 is 0 Å². The molecule has 156 valence electrons. The van der Waals surface area contributed by atoms with Crippen molar-refractivity contribution >= 4 is 0 Å². The fourth-order valence-electron chi connectivity index (χ4n) is 8.48. The van der Waals surface area contributed by atoms with Crippen molar-refractivity contribution in [2.75, 3.05) is 19.6 Å². The minimum atomic E-state index is -0.454. The molecule has 1 heterocycles. The Kier molecular flexibility index (Phi) is 4.83. The minimum Gasteiger partial charge on any atom is -0.390 e. The molecule has 7 atom stereocenters. The number of rotatable bonds is 3. The van der Waals surface area contributed by atoms with Crippen molar-refractivity contribution in [2.24, 2.45) is 35.0 Å². The molecule has 0 aromatic carbocycles. The van der Waals surface area contributed by atoms with Crippen molar-refractivity contribution in [1.29, 1.82) is 0 Å². The van der Waals surface area contributed by atoms with Gasteiger partial charge in [-0.1, -0.05) is 30.7 Å². The quantitative estimate of drug-likeness (QED) is 0.643. The summed E-state index contributed by atoms with van der Waals surface area (Å²) in [5.74, 6) is 4.19. The Bertz CT molecular complexity index is 657. The van der Waals surface area contributed by atoms with Crippen molar-refractivity contribution in [1.82, 2.24) is 4.90 Å². The summed E-state index contributed by atoms with van der Waals surface area (Å²) in [5.41, 5.74) is 3.19. The second kappa shape index (κ2) is 6.98. The first kappa shape index (κ1) is 19.4. The molecule has 0 amide bonds. The SMILES string of the molecule is C=C(CN1CCCC1)[C@H]1CC[C@H]2[C@@H]3CC=C4C[C@@](C)(O)CC[C@@H]4[C@H]3CC[C@]12C. The normalized spacial score (nSPS) is 48.5. The predicted molar refractivity (Wildman–Crippen MR) is 116 cm³/mol. The van der Waals surface area contributed by atoms with Crippen LogP contribution < -0.4 is 0 Å². The molecule has 0 unspecified atom stereocenters. The lowest BCUT2D eigenvalue weighted by molar-refractivity contribution is -0.0294. The Labute approximate surface area is 172 Å². The molecular formula is C26H41NO. The Hall–Kier alpha value is -0.600. The van der Waals surface area contributed by atoms with Crippen molar-refractivity contribution in [3.8, 4) is 0 Å². The topological polar surface area (TPSA) is 23.5 Å². The fourth-order valence-corrected chi connectivity index (χ4v) is 8.48. The maximum atomic E-state index is 10.6. The van der Waals surface area contributed by atoms with Crippen molar-refractivity contribution in [3.05, 3.63) is 23.8 Å². The number of allylic oxidation sites excluding steroid dienone is 1. The Morgan fingerprint density at radius 1 is 1.11 bits per heavy atom. The van der Waals surface area contributed by atoms with Crippen LogP contribution in [0.4, 0.5) is 0 Å². The van der Waals surface area contributed by atoms with Crippen LogP contribution in [0.1, 0.15) is 78.1 Å². The first-order valence-electron chi connectivity index (χ1n) is 12.2. The summed E-state index contributed by atoms with van der Waals surface area (Å²) in [6.45, 7) is 13.0. The minimum absolute atomic E-state index is 0.454. The predicted octanol–water partition coefficient (Wildman–Crippen LogP) is 5.58. The number of likely N-dealkylation sites (tertiary alicyclic amines) is 1. The van der Waals surface area contributed by atoms with E-state index in [9.17, 15) is 5.11 Å².